The smallest absolute Gasteiger partial charge is 0.328 e. The maximum Gasteiger partial charge on any atom is 0.328 e. The van der Waals surface area contributed by atoms with Gasteiger partial charge in [0, 0.05) is 0 Å². The summed E-state index contributed by atoms with van der Waals surface area (Å²) in [6, 6.07) is -0.317. The summed E-state index contributed by atoms with van der Waals surface area (Å²) in [7, 11) is 0. The number of carbonyl (C=O) groups is 3. The zero-order chi connectivity index (χ0) is 20.1. The number of amides is 3. The maximum atomic E-state index is 12.1. The number of aryl methyl sites for hydroxylation is 1. The molecule has 1 unspecified atom stereocenters. The molecule has 2 rings (SSSR count). The Hall–Kier alpha value is -3.41. The molecule has 2 aromatic heterocycles. The molecule has 0 bridgehead atoms. The van der Waals surface area contributed by atoms with Crippen molar-refractivity contribution < 1.29 is 33.5 Å². The molecule has 12 nitrogen and oxygen atoms in total. The zero-order valence-electron chi connectivity index (χ0n) is 14.5. The Bertz CT molecular complexity index is 828. The van der Waals surface area contributed by atoms with E-state index in [9.17, 15) is 19.5 Å². The molecule has 2 aromatic rings. The van der Waals surface area contributed by atoms with Gasteiger partial charge in [-0.05, 0) is 26.0 Å². The predicted molar refractivity (Wildman–Crippen MR) is 88.1 cm³/mol. The van der Waals surface area contributed by atoms with E-state index >= 15 is 0 Å². The fraction of sp³-hybridized carbons (Fsp3) is 0.400. The van der Waals surface area contributed by atoms with Crippen molar-refractivity contribution in [3.05, 3.63) is 23.8 Å². The van der Waals surface area contributed by atoms with Gasteiger partial charge in [0.2, 0.25) is 17.6 Å². The lowest BCUT2D eigenvalue weighted by molar-refractivity contribution is -0.141. The molecule has 3 amide bonds. The molecular formula is C15H19N5O7. The Labute approximate surface area is 152 Å². The number of nitrogens with zero attached hydrogens (tertiary/aromatic N) is 2. The monoisotopic (exact) mass is 381 g/mol. The number of rotatable bonds is 8. The number of aromatic nitrogens is 2. The van der Waals surface area contributed by atoms with Gasteiger partial charge in [-0.2, -0.15) is 4.98 Å². The molecule has 6 N–H and O–H groups in total. The largest absolute Gasteiger partial charge is 0.480 e. The number of nitrogens with two attached hydrogens (primary N) is 1. The number of hydrogen-bond acceptors (Lipinski definition) is 8. The second-order valence-electron chi connectivity index (χ2n) is 5.76. The fourth-order valence-electron chi connectivity index (χ4n) is 2.16. The molecule has 2 heterocycles. The number of carbonyl (C=O) groups excluding carboxylic acids is 2. The number of primary amides is 1. The normalized spacial score (nSPS) is 14.2. The molecule has 146 valence electrons. The quantitative estimate of drug-likeness (QED) is 0.407. The van der Waals surface area contributed by atoms with E-state index in [0.717, 1.165) is 0 Å². The van der Waals surface area contributed by atoms with Crippen molar-refractivity contribution in [1.29, 1.82) is 0 Å². The number of hydrogen-bond donors (Lipinski definition) is 5. The van der Waals surface area contributed by atoms with Crippen LogP contribution in [0.4, 0.5) is 4.79 Å². The van der Waals surface area contributed by atoms with Gasteiger partial charge in [-0.1, -0.05) is 5.16 Å². The van der Waals surface area contributed by atoms with Crippen molar-refractivity contribution in [2.24, 2.45) is 5.73 Å². The number of urea groups is 1. The van der Waals surface area contributed by atoms with Crippen LogP contribution in [0.15, 0.2) is 21.1 Å². The number of nitrogens with one attached hydrogen (secondary N) is 2. The summed E-state index contributed by atoms with van der Waals surface area (Å²) in [6.45, 7) is 2.93. The van der Waals surface area contributed by atoms with E-state index in [0.29, 0.717) is 11.5 Å². The van der Waals surface area contributed by atoms with E-state index in [4.69, 9.17) is 19.8 Å². The number of carboxylic acid groups (broad SMARTS) is 1. The van der Waals surface area contributed by atoms with Crippen LogP contribution in [0.3, 0.4) is 0 Å². The Kier molecular flexibility index (Phi) is 6.13. The van der Waals surface area contributed by atoms with Gasteiger partial charge in [0.25, 0.3) is 0 Å². The van der Waals surface area contributed by atoms with Gasteiger partial charge in [-0.25, -0.2) is 9.59 Å². The van der Waals surface area contributed by atoms with Crippen LogP contribution in [-0.4, -0.2) is 50.4 Å². The summed E-state index contributed by atoms with van der Waals surface area (Å²) in [5, 5.41) is 26.5. The van der Waals surface area contributed by atoms with Gasteiger partial charge in [0.1, 0.15) is 11.8 Å². The molecule has 0 saturated heterocycles. The Morgan fingerprint density at radius 3 is 2.52 bits per heavy atom. The standard InChI is InChI=1S/C15H19N5O7/c1-6-3-4-9(26-6)12-19-13(27-20-12)8(5-10(16)22)17-15(25)18-11(7(2)21)14(23)24/h3-4,7-8,11,21H,5H2,1-2H3,(H2,16,22)(H,23,24)(H2,17,18,25)/t7?,8-,11-/m0/s1. The summed E-state index contributed by atoms with van der Waals surface area (Å²) in [6.07, 6.45) is -1.72. The van der Waals surface area contributed by atoms with Crippen molar-refractivity contribution in [1.82, 2.24) is 20.8 Å². The molecular weight excluding hydrogens is 362 g/mol. The van der Waals surface area contributed by atoms with Crippen LogP contribution in [0.2, 0.25) is 0 Å². The van der Waals surface area contributed by atoms with Gasteiger partial charge in [-0.3, -0.25) is 4.79 Å². The summed E-state index contributed by atoms with van der Waals surface area (Å²) in [5.41, 5.74) is 5.17. The third-order valence-corrected chi connectivity index (χ3v) is 3.45. The molecule has 0 aliphatic rings. The number of aliphatic hydroxyl groups excluding tert-OH is 1. The first-order chi connectivity index (χ1) is 12.7. The number of carboxylic acids is 1. The summed E-state index contributed by atoms with van der Waals surface area (Å²) in [5.74, 6) is -1.27. The highest BCUT2D eigenvalue weighted by atomic mass is 16.5. The molecule has 0 aliphatic heterocycles. The average molecular weight is 381 g/mol. The Balaban J connectivity index is 2.15. The van der Waals surface area contributed by atoms with Gasteiger partial charge < -0.3 is 35.5 Å². The molecule has 12 heteroatoms. The molecule has 0 saturated carbocycles. The number of aliphatic carboxylic acids is 1. The van der Waals surface area contributed by atoms with Crippen LogP contribution >= 0.6 is 0 Å². The third kappa shape index (κ3) is 5.28. The Morgan fingerprint density at radius 1 is 1.30 bits per heavy atom. The van der Waals surface area contributed by atoms with E-state index in [1.165, 1.54) is 6.92 Å². The molecule has 27 heavy (non-hydrogen) atoms. The van der Waals surface area contributed by atoms with Crippen LogP contribution < -0.4 is 16.4 Å². The molecule has 0 spiro atoms. The molecule has 0 radical (unpaired) electrons. The topological polar surface area (TPSA) is 194 Å². The van der Waals surface area contributed by atoms with Crippen LogP contribution in [0.25, 0.3) is 11.6 Å². The van der Waals surface area contributed by atoms with Crippen LogP contribution in [0.5, 0.6) is 0 Å². The summed E-state index contributed by atoms with van der Waals surface area (Å²) < 4.78 is 10.4. The summed E-state index contributed by atoms with van der Waals surface area (Å²) >= 11 is 0. The minimum atomic E-state index is -1.55. The SMILES string of the molecule is Cc1ccc(-c2noc([C@H](CC(N)=O)NC(=O)N[C@H](C(=O)O)C(C)O)n2)o1. The minimum absolute atomic E-state index is 0.0992. The van der Waals surface area contributed by atoms with Crippen molar-refractivity contribution in [3.63, 3.8) is 0 Å². The molecule has 0 aliphatic carbocycles. The highest BCUT2D eigenvalue weighted by molar-refractivity contribution is 5.83. The van der Waals surface area contributed by atoms with Crippen molar-refractivity contribution in [3.8, 4) is 11.6 Å². The maximum absolute atomic E-state index is 12.1. The average Bonchev–Trinajstić information content (AvgIpc) is 3.19. The molecule has 0 fully saturated rings. The molecule has 3 atom stereocenters. The zero-order valence-corrected chi connectivity index (χ0v) is 14.5. The highest BCUT2D eigenvalue weighted by Crippen LogP contribution is 2.22. The van der Waals surface area contributed by atoms with Gasteiger partial charge in [0.05, 0.1) is 12.5 Å². The molecule has 0 aromatic carbocycles. The van der Waals surface area contributed by atoms with Gasteiger partial charge >= 0.3 is 12.0 Å². The first kappa shape index (κ1) is 19.9. The first-order valence-corrected chi connectivity index (χ1v) is 7.84. The summed E-state index contributed by atoms with van der Waals surface area (Å²) in [4.78, 5) is 38.4. The first-order valence-electron chi connectivity index (χ1n) is 7.84. The number of furan rings is 1. The van der Waals surface area contributed by atoms with Crippen LogP contribution in [0.1, 0.15) is 31.0 Å². The lowest BCUT2D eigenvalue weighted by atomic mass is 10.2. The van der Waals surface area contributed by atoms with Crippen molar-refractivity contribution in [2.75, 3.05) is 0 Å². The lowest BCUT2D eigenvalue weighted by Gasteiger charge is -2.19. The minimum Gasteiger partial charge on any atom is -0.480 e. The fourth-order valence-corrected chi connectivity index (χ4v) is 2.16. The van der Waals surface area contributed by atoms with E-state index in [2.05, 4.69) is 20.8 Å². The second kappa shape index (κ2) is 8.31. The van der Waals surface area contributed by atoms with E-state index < -0.39 is 36.1 Å². The van der Waals surface area contributed by atoms with Crippen LogP contribution in [-0.2, 0) is 9.59 Å². The van der Waals surface area contributed by atoms with Crippen LogP contribution in [0, 0.1) is 6.92 Å². The van der Waals surface area contributed by atoms with E-state index in [1.807, 2.05) is 0 Å². The van der Waals surface area contributed by atoms with Gasteiger partial charge in [0.15, 0.2) is 11.8 Å². The number of aliphatic hydroxyl groups is 1. The van der Waals surface area contributed by atoms with Crippen molar-refractivity contribution >= 4 is 17.9 Å². The van der Waals surface area contributed by atoms with Crippen molar-refractivity contribution in [2.45, 2.75) is 38.5 Å². The van der Waals surface area contributed by atoms with E-state index in [-0.39, 0.29) is 18.1 Å². The second-order valence-corrected chi connectivity index (χ2v) is 5.76. The Morgan fingerprint density at radius 2 is 2.00 bits per heavy atom. The van der Waals surface area contributed by atoms with E-state index in [1.54, 1.807) is 19.1 Å². The predicted octanol–water partition coefficient (Wildman–Crippen LogP) is -0.312. The third-order valence-electron chi connectivity index (χ3n) is 3.45. The highest BCUT2D eigenvalue weighted by Gasteiger charge is 2.28. The lowest BCUT2D eigenvalue weighted by Crippen LogP contribution is -2.52. The van der Waals surface area contributed by atoms with Gasteiger partial charge in [-0.15, -0.1) is 0 Å².